The van der Waals surface area contributed by atoms with Gasteiger partial charge < -0.3 is 25.3 Å². The fourth-order valence-corrected chi connectivity index (χ4v) is 4.49. The van der Waals surface area contributed by atoms with Gasteiger partial charge in [-0.15, -0.1) is 0 Å². The van der Waals surface area contributed by atoms with Crippen molar-refractivity contribution in [2.75, 3.05) is 73.8 Å². The summed E-state index contributed by atoms with van der Waals surface area (Å²) in [5, 5.41) is 6.34. The van der Waals surface area contributed by atoms with Crippen LogP contribution >= 0.6 is 0 Å². The number of nitrogens with one attached hydrogen (secondary N) is 2. The first-order valence-electron chi connectivity index (χ1n) is 12.3. The molecule has 2 aliphatic rings. The van der Waals surface area contributed by atoms with E-state index in [1.54, 1.807) is 0 Å². The van der Waals surface area contributed by atoms with E-state index in [1.807, 2.05) is 40.1 Å². The summed E-state index contributed by atoms with van der Waals surface area (Å²) in [7, 11) is 4.07. The third-order valence-corrected chi connectivity index (χ3v) is 6.53. The lowest BCUT2D eigenvalue weighted by atomic mass is 10.0. The number of allylic oxidation sites excluding steroid dienone is 3. The SMILES string of the molecule is C=N/C=C(F)\C=C(/C)c1ccc(NCCN(C)C)c(N2CCN(c3ncnc4c3C(C)C(=O)N4)CC2)n1. The van der Waals surface area contributed by atoms with E-state index in [0.717, 1.165) is 42.2 Å². The van der Waals surface area contributed by atoms with Gasteiger partial charge in [0.15, 0.2) is 5.82 Å². The quantitative estimate of drug-likeness (QED) is 0.394. The van der Waals surface area contributed by atoms with Crippen molar-refractivity contribution in [2.24, 2.45) is 4.99 Å². The molecule has 2 aromatic rings. The predicted molar refractivity (Wildman–Crippen MR) is 147 cm³/mol. The molecule has 4 heterocycles. The Hall–Kier alpha value is -3.86. The highest BCUT2D eigenvalue weighted by atomic mass is 19.1. The molecule has 1 amide bonds. The first kappa shape index (κ1) is 26.2. The summed E-state index contributed by atoms with van der Waals surface area (Å²) >= 11 is 0. The molecule has 2 aromatic heterocycles. The van der Waals surface area contributed by atoms with Crippen LogP contribution in [0, 0.1) is 0 Å². The van der Waals surface area contributed by atoms with Gasteiger partial charge in [-0.1, -0.05) is 0 Å². The Morgan fingerprint density at radius 3 is 2.62 bits per heavy atom. The first-order chi connectivity index (χ1) is 17.8. The Kier molecular flexibility index (Phi) is 8.12. The number of aliphatic imine (C=N–C) groups is 1. The van der Waals surface area contributed by atoms with E-state index in [0.29, 0.717) is 43.3 Å². The predicted octanol–water partition coefficient (Wildman–Crippen LogP) is 3.14. The number of anilines is 4. The van der Waals surface area contributed by atoms with Crippen LogP contribution in [-0.2, 0) is 4.79 Å². The zero-order valence-electron chi connectivity index (χ0n) is 21.8. The number of fused-ring (bicyclic) bond motifs is 1. The number of piperazine rings is 1. The van der Waals surface area contributed by atoms with Gasteiger partial charge in [0.2, 0.25) is 5.91 Å². The molecule has 0 radical (unpaired) electrons. The highest BCUT2D eigenvalue weighted by Gasteiger charge is 2.34. The molecule has 1 saturated heterocycles. The molecule has 2 aliphatic heterocycles. The summed E-state index contributed by atoms with van der Waals surface area (Å²) in [6.07, 6.45) is 3.99. The van der Waals surface area contributed by atoms with Crippen molar-refractivity contribution in [2.45, 2.75) is 19.8 Å². The first-order valence-corrected chi connectivity index (χ1v) is 12.3. The van der Waals surface area contributed by atoms with Crippen LogP contribution in [0.4, 0.5) is 27.5 Å². The molecule has 37 heavy (non-hydrogen) atoms. The van der Waals surface area contributed by atoms with Crippen LogP contribution in [0.25, 0.3) is 5.57 Å². The van der Waals surface area contributed by atoms with Crippen LogP contribution in [0.2, 0.25) is 0 Å². The van der Waals surface area contributed by atoms with Crippen LogP contribution in [0.15, 0.2) is 41.6 Å². The van der Waals surface area contributed by atoms with Gasteiger partial charge in [-0.2, -0.15) is 0 Å². The van der Waals surface area contributed by atoms with Crippen LogP contribution in [0.5, 0.6) is 0 Å². The number of amides is 1. The Bertz CT molecular complexity index is 1220. The molecule has 0 saturated carbocycles. The topological polar surface area (TPSA) is 102 Å². The zero-order chi connectivity index (χ0) is 26.5. The number of pyridine rings is 1. The molecular formula is C26H34FN9O. The number of hydrogen-bond acceptors (Lipinski definition) is 9. The second kappa shape index (κ2) is 11.5. The highest BCUT2D eigenvalue weighted by Crippen LogP contribution is 2.37. The van der Waals surface area contributed by atoms with Gasteiger partial charge in [-0.05, 0) is 58.4 Å². The maximum atomic E-state index is 14.0. The minimum atomic E-state index is -0.475. The van der Waals surface area contributed by atoms with Crippen molar-refractivity contribution in [3.8, 4) is 0 Å². The maximum Gasteiger partial charge on any atom is 0.233 e. The minimum absolute atomic E-state index is 0.0524. The normalized spacial score (nSPS) is 18.2. The van der Waals surface area contributed by atoms with Gasteiger partial charge in [0.1, 0.15) is 23.8 Å². The van der Waals surface area contributed by atoms with Gasteiger partial charge >= 0.3 is 0 Å². The van der Waals surface area contributed by atoms with E-state index in [-0.39, 0.29) is 11.8 Å². The molecular weight excluding hydrogens is 473 g/mol. The smallest absolute Gasteiger partial charge is 0.233 e. The van der Waals surface area contributed by atoms with E-state index in [4.69, 9.17) is 4.98 Å². The molecule has 1 fully saturated rings. The number of aromatic nitrogens is 3. The number of rotatable bonds is 9. The number of carbonyl (C=O) groups is 1. The van der Waals surface area contributed by atoms with Crippen LogP contribution < -0.4 is 20.4 Å². The Morgan fingerprint density at radius 2 is 1.95 bits per heavy atom. The third kappa shape index (κ3) is 5.93. The Labute approximate surface area is 217 Å². The van der Waals surface area contributed by atoms with Gasteiger partial charge in [0, 0.05) is 44.8 Å². The molecule has 196 valence electrons. The summed E-state index contributed by atoms with van der Waals surface area (Å²) < 4.78 is 14.0. The van der Waals surface area contributed by atoms with Gasteiger partial charge in [0.25, 0.3) is 0 Å². The minimum Gasteiger partial charge on any atom is -0.381 e. The molecule has 1 unspecified atom stereocenters. The van der Waals surface area contributed by atoms with Crippen molar-refractivity contribution in [1.29, 1.82) is 0 Å². The molecule has 0 spiro atoms. The summed E-state index contributed by atoms with van der Waals surface area (Å²) in [5.41, 5.74) is 3.18. The summed E-state index contributed by atoms with van der Waals surface area (Å²) in [5.74, 6) is 1.42. The lowest BCUT2D eigenvalue weighted by Gasteiger charge is -2.37. The van der Waals surface area contributed by atoms with E-state index < -0.39 is 5.83 Å². The van der Waals surface area contributed by atoms with E-state index in [9.17, 15) is 9.18 Å². The average Bonchev–Trinajstić information content (AvgIpc) is 3.17. The number of nitrogens with zero attached hydrogens (tertiary/aromatic N) is 7. The molecule has 11 heteroatoms. The molecule has 10 nitrogen and oxygen atoms in total. The van der Waals surface area contributed by atoms with Crippen LogP contribution in [0.3, 0.4) is 0 Å². The monoisotopic (exact) mass is 507 g/mol. The van der Waals surface area contributed by atoms with Crippen molar-refractivity contribution >= 4 is 41.3 Å². The summed E-state index contributed by atoms with van der Waals surface area (Å²) in [4.78, 5) is 35.9. The number of likely N-dealkylation sites (N-methyl/N-ethyl adjacent to an activating group) is 1. The van der Waals surface area contributed by atoms with Crippen molar-refractivity contribution < 1.29 is 9.18 Å². The average molecular weight is 508 g/mol. The molecule has 0 aliphatic carbocycles. The van der Waals surface area contributed by atoms with Crippen molar-refractivity contribution in [3.63, 3.8) is 0 Å². The molecule has 0 bridgehead atoms. The number of hydrogen-bond donors (Lipinski definition) is 2. The highest BCUT2D eigenvalue weighted by molar-refractivity contribution is 6.03. The largest absolute Gasteiger partial charge is 0.381 e. The van der Waals surface area contributed by atoms with Gasteiger partial charge in [0.05, 0.1) is 23.5 Å². The lowest BCUT2D eigenvalue weighted by molar-refractivity contribution is -0.116. The van der Waals surface area contributed by atoms with Crippen LogP contribution in [0.1, 0.15) is 31.0 Å². The lowest BCUT2D eigenvalue weighted by Crippen LogP contribution is -2.47. The van der Waals surface area contributed by atoms with E-state index in [1.165, 1.54) is 12.4 Å². The van der Waals surface area contributed by atoms with Gasteiger partial charge in [-0.3, -0.25) is 9.79 Å². The molecule has 0 aromatic carbocycles. The summed E-state index contributed by atoms with van der Waals surface area (Å²) in [6.45, 7) is 11.5. The fraction of sp³-hybridized carbons (Fsp3) is 0.423. The number of halogens is 1. The van der Waals surface area contributed by atoms with Crippen molar-refractivity contribution in [1.82, 2.24) is 19.9 Å². The van der Waals surface area contributed by atoms with Crippen molar-refractivity contribution in [3.05, 3.63) is 47.8 Å². The fourth-order valence-electron chi connectivity index (χ4n) is 4.49. The standard InChI is InChI=1S/C26H34FN9O/c1-17(14-19(27)15-28-3)20-6-7-21(29-8-9-34(4)5)24(32-20)35-10-12-36(13-11-35)25-22-18(2)26(37)33-23(22)30-16-31-25/h6-7,14-16,18,29H,3,8-13H2,1-2,4-5H3,(H,30,31,33,37)/b17-14+,19-15+. The zero-order valence-corrected chi connectivity index (χ0v) is 21.8. The third-order valence-electron chi connectivity index (χ3n) is 6.53. The summed E-state index contributed by atoms with van der Waals surface area (Å²) in [6, 6.07) is 3.90. The Morgan fingerprint density at radius 1 is 1.24 bits per heavy atom. The number of carbonyl (C=O) groups excluding carboxylic acids is 1. The molecule has 4 rings (SSSR count). The Balaban J connectivity index is 1.57. The second-order valence-electron chi connectivity index (χ2n) is 9.47. The molecule has 1 atom stereocenters. The van der Waals surface area contributed by atoms with Crippen LogP contribution in [-0.4, -0.2) is 85.8 Å². The molecule has 2 N–H and O–H groups in total. The van der Waals surface area contributed by atoms with E-state index in [2.05, 4.69) is 47.0 Å². The second-order valence-corrected chi connectivity index (χ2v) is 9.47. The van der Waals surface area contributed by atoms with E-state index >= 15 is 0 Å². The van der Waals surface area contributed by atoms with Gasteiger partial charge in [-0.25, -0.2) is 19.3 Å². The maximum absolute atomic E-state index is 14.0.